The van der Waals surface area contributed by atoms with Crippen molar-refractivity contribution in [3.63, 3.8) is 0 Å². The Morgan fingerprint density at radius 2 is 2.23 bits per heavy atom. The average Bonchev–Trinajstić information content (AvgIpc) is 3.10. The van der Waals surface area contributed by atoms with Gasteiger partial charge in [-0.3, -0.25) is 4.79 Å². The van der Waals surface area contributed by atoms with E-state index < -0.39 is 6.10 Å². The Morgan fingerprint density at radius 1 is 1.38 bits per heavy atom. The minimum Gasteiger partial charge on any atom is -0.466 e. The summed E-state index contributed by atoms with van der Waals surface area (Å²) in [6, 6.07) is 5.69. The molecule has 7 nitrogen and oxygen atoms in total. The SMILES string of the molecule is CCOC(=O)[C@@H]1CCC[NH+](C[C@H](O)COCc2ccc3c(c2)OCO3)C1. The highest BCUT2D eigenvalue weighted by atomic mass is 16.7. The summed E-state index contributed by atoms with van der Waals surface area (Å²) in [6.07, 6.45) is 1.29. The highest BCUT2D eigenvalue weighted by Gasteiger charge is 2.30. The van der Waals surface area contributed by atoms with Gasteiger partial charge in [0.1, 0.15) is 18.6 Å². The first-order valence-corrected chi connectivity index (χ1v) is 9.30. The zero-order chi connectivity index (χ0) is 18.4. The van der Waals surface area contributed by atoms with Gasteiger partial charge in [0.25, 0.3) is 0 Å². The molecule has 3 rings (SSSR count). The van der Waals surface area contributed by atoms with Crippen LogP contribution in [0, 0.1) is 5.92 Å². The zero-order valence-electron chi connectivity index (χ0n) is 15.2. The van der Waals surface area contributed by atoms with Crippen LogP contribution >= 0.6 is 0 Å². The number of rotatable bonds is 8. The van der Waals surface area contributed by atoms with Crippen molar-refractivity contribution in [2.45, 2.75) is 32.5 Å². The fourth-order valence-corrected chi connectivity index (χ4v) is 3.53. The van der Waals surface area contributed by atoms with Crippen molar-refractivity contribution in [1.29, 1.82) is 0 Å². The Balaban J connectivity index is 1.38. The second kappa shape index (κ2) is 9.21. The summed E-state index contributed by atoms with van der Waals surface area (Å²) in [7, 11) is 0. The van der Waals surface area contributed by atoms with Gasteiger partial charge in [0.05, 0.1) is 32.9 Å². The highest BCUT2D eigenvalue weighted by Crippen LogP contribution is 2.32. The molecule has 1 saturated heterocycles. The maximum absolute atomic E-state index is 11.9. The fraction of sp³-hybridized carbons (Fsp3) is 0.632. The summed E-state index contributed by atoms with van der Waals surface area (Å²) < 4.78 is 21.4. The second-order valence-electron chi connectivity index (χ2n) is 6.86. The summed E-state index contributed by atoms with van der Waals surface area (Å²) >= 11 is 0. The molecule has 0 aromatic heterocycles. The minimum atomic E-state index is -0.556. The molecule has 3 atom stereocenters. The molecule has 144 valence electrons. The molecule has 0 radical (unpaired) electrons. The maximum atomic E-state index is 11.9. The van der Waals surface area contributed by atoms with Crippen LogP contribution < -0.4 is 14.4 Å². The van der Waals surface area contributed by atoms with E-state index in [2.05, 4.69) is 0 Å². The lowest BCUT2D eigenvalue weighted by Crippen LogP contribution is -3.14. The van der Waals surface area contributed by atoms with Gasteiger partial charge in [-0.25, -0.2) is 0 Å². The number of aliphatic hydroxyl groups is 1. The van der Waals surface area contributed by atoms with Crippen molar-refractivity contribution in [1.82, 2.24) is 0 Å². The number of ether oxygens (including phenoxy) is 4. The van der Waals surface area contributed by atoms with E-state index in [1.165, 1.54) is 4.90 Å². The monoisotopic (exact) mass is 366 g/mol. The second-order valence-corrected chi connectivity index (χ2v) is 6.86. The average molecular weight is 366 g/mol. The number of hydrogen-bond acceptors (Lipinski definition) is 6. The molecule has 7 heteroatoms. The van der Waals surface area contributed by atoms with E-state index in [1.807, 2.05) is 25.1 Å². The van der Waals surface area contributed by atoms with Crippen LogP contribution in [0.2, 0.25) is 0 Å². The number of piperidine rings is 1. The maximum Gasteiger partial charge on any atom is 0.314 e. The first kappa shape index (κ1) is 18.9. The number of quaternary nitrogens is 1. The Morgan fingerprint density at radius 3 is 3.08 bits per heavy atom. The van der Waals surface area contributed by atoms with Crippen molar-refractivity contribution < 1.29 is 33.7 Å². The van der Waals surface area contributed by atoms with Crippen molar-refractivity contribution in [2.24, 2.45) is 5.92 Å². The molecule has 0 bridgehead atoms. The quantitative estimate of drug-likeness (QED) is 0.638. The van der Waals surface area contributed by atoms with Crippen LogP contribution in [0.3, 0.4) is 0 Å². The number of carbonyl (C=O) groups is 1. The van der Waals surface area contributed by atoms with E-state index in [0.29, 0.717) is 19.8 Å². The zero-order valence-corrected chi connectivity index (χ0v) is 15.2. The lowest BCUT2D eigenvalue weighted by molar-refractivity contribution is -0.910. The number of hydrogen-bond donors (Lipinski definition) is 2. The summed E-state index contributed by atoms with van der Waals surface area (Å²) in [5, 5.41) is 10.3. The van der Waals surface area contributed by atoms with Crippen molar-refractivity contribution in [2.75, 3.05) is 39.6 Å². The van der Waals surface area contributed by atoms with E-state index in [4.69, 9.17) is 18.9 Å². The third kappa shape index (κ3) is 5.09. The van der Waals surface area contributed by atoms with Gasteiger partial charge in [-0.2, -0.15) is 0 Å². The molecule has 2 heterocycles. The topological polar surface area (TPSA) is 78.7 Å². The first-order chi connectivity index (χ1) is 12.7. The third-order valence-electron chi connectivity index (χ3n) is 4.78. The molecule has 26 heavy (non-hydrogen) atoms. The van der Waals surface area contributed by atoms with Gasteiger partial charge in [-0.15, -0.1) is 0 Å². The van der Waals surface area contributed by atoms with Crippen molar-refractivity contribution in [3.8, 4) is 11.5 Å². The molecular formula is C19H28NO6+. The van der Waals surface area contributed by atoms with Crippen LogP contribution in [-0.4, -0.2) is 56.8 Å². The number of aliphatic hydroxyl groups excluding tert-OH is 1. The number of nitrogens with one attached hydrogen (secondary N) is 1. The van der Waals surface area contributed by atoms with Crippen LogP contribution in [0.4, 0.5) is 0 Å². The molecule has 1 aromatic carbocycles. The number of carbonyl (C=O) groups excluding carboxylic acids is 1. The Labute approximate surface area is 153 Å². The molecule has 0 aliphatic carbocycles. The molecule has 0 spiro atoms. The van der Waals surface area contributed by atoms with E-state index in [0.717, 1.165) is 43.0 Å². The Bertz CT molecular complexity index is 608. The van der Waals surface area contributed by atoms with Gasteiger partial charge >= 0.3 is 5.97 Å². The van der Waals surface area contributed by atoms with E-state index >= 15 is 0 Å². The van der Waals surface area contributed by atoms with Gasteiger partial charge in [-0.1, -0.05) is 6.07 Å². The number of benzene rings is 1. The molecular weight excluding hydrogens is 338 g/mol. The lowest BCUT2D eigenvalue weighted by atomic mass is 9.98. The molecule has 2 aliphatic rings. The first-order valence-electron chi connectivity index (χ1n) is 9.30. The third-order valence-corrected chi connectivity index (χ3v) is 4.78. The van der Waals surface area contributed by atoms with E-state index in [-0.39, 0.29) is 25.3 Å². The molecule has 1 aromatic rings. The fourth-order valence-electron chi connectivity index (χ4n) is 3.53. The predicted octanol–water partition coefficient (Wildman–Crippen LogP) is 0.151. The van der Waals surface area contributed by atoms with Gasteiger partial charge in [0.2, 0.25) is 6.79 Å². The van der Waals surface area contributed by atoms with Crippen LogP contribution in [0.25, 0.3) is 0 Å². The van der Waals surface area contributed by atoms with Crippen LogP contribution in [0.5, 0.6) is 11.5 Å². The molecule has 0 amide bonds. The summed E-state index contributed by atoms with van der Waals surface area (Å²) in [6.45, 7) is 5.44. The van der Waals surface area contributed by atoms with Gasteiger partial charge in [-0.05, 0) is 37.5 Å². The molecule has 1 unspecified atom stereocenters. The summed E-state index contributed by atoms with van der Waals surface area (Å²) in [4.78, 5) is 13.1. The van der Waals surface area contributed by atoms with Crippen LogP contribution in [0.1, 0.15) is 25.3 Å². The minimum absolute atomic E-state index is 0.0551. The lowest BCUT2D eigenvalue weighted by Gasteiger charge is -2.30. The molecule has 2 N–H and O–H groups in total. The smallest absolute Gasteiger partial charge is 0.314 e. The molecule has 0 saturated carbocycles. The largest absolute Gasteiger partial charge is 0.466 e. The van der Waals surface area contributed by atoms with E-state index in [1.54, 1.807) is 0 Å². The standard InChI is InChI=1S/C19H27NO6/c1-2-24-19(22)15-4-3-7-20(9-15)10-16(21)12-23-11-14-5-6-17-18(8-14)26-13-25-17/h5-6,8,15-16,21H,2-4,7,9-13H2,1H3/p+1/t15-,16+/m1/s1. The Kier molecular flexibility index (Phi) is 6.71. The normalized spacial score (nSPS) is 22.8. The number of likely N-dealkylation sites (tertiary alicyclic amines) is 1. The van der Waals surface area contributed by atoms with Gasteiger partial charge in [0, 0.05) is 0 Å². The predicted molar refractivity (Wildman–Crippen MR) is 93.1 cm³/mol. The van der Waals surface area contributed by atoms with Gasteiger partial charge < -0.3 is 29.0 Å². The highest BCUT2D eigenvalue weighted by molar-refractivity contribution is 5.72. The summed E-state index contributed by atoms with van der Waals surface area (Å²) in [5.41, 5.74) is 0.981. The molecule has 2 aliphatic heterocycles. The number of fused-ring (bicyclic) bond motifs is 1. The van der Waals surface area contributed by atoms with Gasteiger partial charge in [0.15, 0.2) is 11.5 Å². The van der Waals surface area contributed by atoms with Crippen LogP contribution in [-0.2, 0) is 20.9 Å². The Hall–Kier alpha value is -1.83. The van der Waals surface area contributed by atoms with E-state index in [9.17, 15) is 9.90 Å². The number of esters is 1. The van der Waals surface area contributed by atoms with Crippen molar-refractivity contribution in [3.05, 3.63) is 23.8 Å². The van der Waals surface area contributed by atoms with Crippen LogP contribution in [0.15, 0.2) is 18.2 Å². The molecule has 1 fully saturated rings. The van der Waals surface area contributed by atoms with Crippen molar-refractivity contribution >= 4 is 5.97 Å². The summed E-state index contributed by atoms with van der Waals surface area (Å²) in [5.74, 6) is 1.31.